The molecule has 31 heavy (non-hydrogen) atoms. The molecular formula is C22H22N6O3. The number of ether oxygens (including phenoxy) is 1. The molecule has 0 unspecified atom stereocenters. The number of benzene rings is 1. The topological polar surface area (TPSA) is 103 Å². The molecule has 1 fully saturated rings. The molecule has 5 rings (SSSR count). The van der Waals surface area contributed by atoms with Gasteiger partial charge in [0.25, 0.3) is 5.91 Å². The molecule has 1 amide bonds. The number of aldehydes is 1. The molecule has 4 aromatic rings. The average molecular weight is 418 g/mol. The fraction of sp³-hybridized carbons (Fsp3) is 0.318. The Balaban J connectivity index is 1.43. The lowest BCUT2D eigenvalue weighted by atomic mass is 9.87. The van der Waals surface area contributed by atoms with E-state index in [4.69, 9.17) is 9.84 Å². The van der Waals surface area contributed by atoms with Gasteiger partial charge in [0, 0.05) is 36.0 Å². The Morgan fingerprint density at radius 1 is 1.26 bits per heavy atom. The highest BCUT2D eigenvalue weighted by Crippen LogP contribution is 2.34. The summed E-state index contributed by atoms with van der Waals surface area (Å²) >= 11 is 0. The van der Waals surface area contributed by atoms with Gasteiger partial charge in [-0.15, -0.1) is 0 Å². The van der Waals surface area contributed by atoms with Crippen LogP contribution in [0.1, 0.15) is 42.1 Å². The number of rotatable bonds is 5. The van der Waals surface area contributed by atoms with Gasteiger partial charge in [-0.2, -0.15) is 10.2 Å². The predicted molar refractivity (Wildman–Crippen MR) is 114 cm³/mol. The summed E-state index contributed by atoms with van der Waals surface area (Å²) in [4.78, 5) is 28.1. The third-order valence-corrected chi connectivity index (χ3v) is 5.92. The number of carbonyl (C=O) groups is 2. The summed E-state index contributed by atoms with van der Waals surface area (Å²) in [5.74, 6) is 0.378. The van der Waals surface area contributed by atoms with Crippen LogP contribution in [0.2, 0.25) is 0 Å². The van der Waals surface area contributed by atoms with Gasteiger partial charge in [0.05, 0.1) is 30.6 Å². The van der Waals surface area contributed by atoms with Crippen molar-refractivity contribution in [1.29, 1.82) is 0 Å². The Labute approximate surface area is 178 Å². The second-order valence-electron chi connectivity index (χ2n) is 7.83. The van der Waals surface area contributed by atoms with Crippen molar-refractivity contribution >= 4 is 34.4 Å². The van der Waals surface area contributed by atoms with Gasteiger partial charge in [0.2, 0.25) is 0 Å². The maximum Gasteiger partial charge on any atom is 0.261 e. The molecule has 1 N–H and O–H groups in total. The van der Waals surface area contributed by atoms with Crippen LogP contribution in [-0.2, 0) is 4.79 Å². The summed E-state index contributed by atoms with van der Waals surface area (Å²) in [5.41, 5.74) is 2.22. The highest BCUT2D eigenvalue weighted by molar-refractivity contribution is 6.09. The number of anilines is 1. The SMILES string of the molecule is COc1cc2nn(C3CCC(C=O)CC3)cc2cc1NC(=O)c1cnn2cccnc12. The van der Waals surface area contributed by atoms with Crippen LogP contribution in [0.3, 0.4) is 0 Å². The minimum Gasteiger partial charge on any atom is -0.494 e. The Hall–Kier alpha value is -3.75. The van der Waals surface area contributed by atoms with Crippen LogP contribution >= 0.6 is 0 Å². The fourth-order valence-electron chi connectivity index (χ4n) is 4.20. The van der Waals surface area contributed by atoms with Crippen molar-refractivity contribution in [2.45, 2.75) is 31.7 Å². The maximum atomic E-state index is 12.9. The first-order chi connectivity index (χ1) is 15.2. The van der Waals surface area contributed by atoms with E-state index >= 15 is 0 Å². The maximum absolute atomic E-state index is 12.9. The zero-order valence-corrected chi connectivity index (χ0v) is 17.1. The normalized spacial score (nSPS) is 18.9. The van der Waals surface area contributed by atoms with E-state index in [1.165, 1.54) is 6.20 Å². The molecular weight excluding hydrogens is 396 g/mol. The molecule has 0 spiro atoms. The number of amides is 1. The number of methoxy groups -OCH3 is 1. The number of hydrogen-bond donors (Lipinski definition) is 1. The third kappa shape index (κ3) is 3.52. The molecule has 1 aromatic carbocycles. The van der Waals surface area contributed by atoms with Gasteiger partial charge in [0.1, 0.15) is 17.6 Å². The number of nitrogens with zero attached hydrogens (tertiary/aromatic N) is 5. The molecule has 0 aliphatic heterocycles. The molecule has 0 bridgehead atoms. The Morgan fingerprint density at radius 2 is 2.10 bits per heavy atom. The summed E-state index contributed by atoms with van der Waals surface area (Å²) in [6.07, 6.45) is 11.6. The van der Waals surface area contributed by atoms with Crippen molar-refractivity contribution in [1.82, 2.24) is 24.4 Å². The second-order valence-corrected chi connectivity index (χ2v) is 7.83. The Bertz CT molecular complexity index is 1270. The molecule has 0 atom stereocenters. The molecule has 3 aromatic heterocycles. The quantitative estimate of drug-likeness (QED) is 0.499. The molecule has 1 aliphatic carbocycles. The summed E-state index contributed by atoms with van der Waals surface area (Å²) < 4.78 is 9.04. The lowest BCUT2D eigenvalue weighted by Crippen LogP contribution is -2.19. The molecule has 9 heteroatoms. The second kappa shape index (κ2) is 7.82. The first-order valence-electron chi connectivity index (χ1n) is 10.3. The van der Waals surface area contributed by atoms with Crippen LogP contribution in [0.4, 0.5) is 5.69 Å². The number of carbonyl (C=O) groups excluding carboxylic acids is 2. The van der Waals surface area contributed by atoms with Crippen molar-refractivity contribution < 1.29 is 14.3 Å². The summed E-state index contributed by atoms with van der Waals surface area (Å²) in [6.45, 7) is 0. The van der Waals surface area contributed by atoms with Crippen molar-refractivity contribution in [3.63, 3.8) is 0 Å². The fourth-order valence-corrected chi connectivity index (χ4v) is 4.20. The Kier molecular flexibility index (Phi) is 4.85. The zero-order chi connectivity index (χ0) is 21.4. The van der Waals surface area contributed by atoms with E-state index in [-0.39, 0.29) is 17.9 Å². The van der Waals surface area contributed by atoms with Crippen LogP contribution in [0, 0.1) is 5.92 Å². The van der Waals surface area contributed by atoms with Gasteiger partial charge >= 0.3 is 0 Å². The van der Waals surface area contributed by atoms with E-state index in [2.05, 4.69) is 15.4 Å². The zero-order valence-electron chi connectivity index (χ0n) is 17.1. The molecule has 3 heterocycles. The van der Waals surface area contributed by atoms with E-state index in [1.807, 2.05) is 23.0 Å². The minimum atomic E-state index is -0.314. The molecule has 0 saturated heterocycles. The molecule has 158 valence electrons. The van der Waals surface area contributed by atoms with Gasteiger partial charge in [0.15, 0.2) is 5.65 Å². The first kappa shape index (κ1) is 19.2. The van der Waals surface area contributed by atoms with E-state index in [1.54, 1.807) is 30.1 Å². The van der Waals surface area contributed by atoms with Crippen LogP contribution in [0.15, 0.2) is 43.0 Å². The third-order valence-electron chi connectivity index (χ3n) is 5.92. The molecule has 9 nitrogen and oxygen atoms in total. The van der Waals surface area contributed by atoms with E-state index in [0.717, 1.165) is 42.9 Å². The summed E-state index contributed by atoms with van der Waals surface area (Å²) in [5, 5.41) is 12.7. The first-order valence-corrected chi connectivity index (χ1v) is 10.3. The minimum absolute atomic E-state index is 0.164. The Morgan fingerprint density at radius 3 is 2.87 bits per heavy atom. The summed E-state index contributed by atoms with van der Waals surface area (Å²) in [6, 6.07) is 5.72. The van der Waals surface area contributed by atoms with Crippen LogP contribution in [0.5, 0.6) is 5.75 Å². The average Bonchev–Trinajstić information content (AvgIpc) is 3.42. The van der Waals surface area contributed by atoms with Gasteiger partial charge in [-0.1, -0.05) is 0 Å². The van der Waals surface area contributed by atoms with E-state index in [9.17, 15) is 9.59 Å². The highest BCUT2D eigenvalue weighted by Gasteiger charge is 2.23. The van der Waals surface area contributed by atoms with E-state index < -0.39 is 0 Å². The largest absolute Gasteiger partial charge is 0.494 e. The number of nitrogens with one attached hydrogen (secondary N) is 1. The van der Waals surface area contributed by atoms with Crippen molar-refractivity contribution in [2.24, 2.45) is 5.92 Å². The number of aromatic nitrogens is 5. The highest BCUT2D eigenvalue weighted by atomic mass is 16.5. The van der Waals surface area contributed by atoms with Gasteiger partial charge in [-0.3, -0.25) is 9.48 Å². The monoisotopic (exact) mass is 418 g/mol. The predicted octanol–water partition coefficient (Wildman–Crippen LogP) is 3.27. The summed E-state index contributed by atoms with van der Waals surface area (Å²) in [7, 11) is 1.56. The number of fused-ring (bicyclic) bond motifs is 2. The lowest BCUT2D eigenvalue weighted by Gasteiger charge is -2.25. The van der Waals surface area contributed by atoms with Crippen LogP contribution < -0.4 is 10.1 Å². The van der Waals surface area contributed by atoms with Gasteiger partial charge in [-0.25, -0.2) is 9.50 Å². The van der Waals surface area contributed by atoms with E-state index in [0.29, 0.717) is 22.6 Å². The molecule has 1 saturated carbocycles. The number of hydrogen-bond acceptors (Lipinski definition) is 6. The molecule has 0 radical (unpaired) electrons. The van der Waals surface area contributed by atoms with Crippen LogP contribution in [0.25, 0.3) is 16.6 Å². The lowest BCUT2D eigenvalue weighted by molar-refractivity contribution is -0.112. The molecule has 1 aliphatic rings. The van der Waals surface area contributed by atoms with Crippen LogP contribution in [-0.4, -0.2) is 43.7 Å². The van der Waals surface area contributed by atoms with Crippen molar-refractivity contribution in [3.8, 4) is 5.75 Å². The van der Waals surface area contributed by atoms with Gasteiger partial charge < -0.3 is 14.8 Å². The van der Waals surface area contributed by atoms with Crippen molar-refractivity contribution in [2.75, 3.05) is 12.4 Å². The van der Waals surface area contributed by atoms with Gasteiger partial charge in [-0.05, 0) is 37.8 Å². The standard InChI is InChI=1S/C22H22N6O3/c1-31-20-10-18-15(12-28(26-18)16-5-3-14(13-29)4-6-16)9-19(20)25-22(30)17-11-24-27-8-2-7-23-21(17)27/h2,7-14,16H,3-6H2,1H3,(H,25,30). The van der Waals surface area contributed by atoms with Crippen molar-refractivity contribution in [3.05, 3.63) is 48.5 Å². The smallest absolute Gasteiger partial charge is 0.261 e.